The Labute approximate surface area is 108 Å². The van der Waals surface area contributed by atoms with Gasteiger partial charge in [-0.05, 0) is 31.4 Å². The van der Waals surface area contributed by atoms with Crippen LogP contribution >= 0.6 is 11.8 Å². The second-order valence-corrected chi connectivity index (χ2v) is 6.01. The van der Waals surface area contributed by atoms with Gasteiger partial charge in [0, 0.05) is 11.4 Å². The van der Waals surface area contributed by atoms with Crippen LogP contribution in [0.1, 0.15) is 25.0 Å². The summed E-state index contributed by atoms with van der Waals surface area (Å²) in [4.78, 5) is 4.71. The van der Waals surface area contributed by atoms with Gasteiger partial charge in [-0.1, -0.05) is 43.3 Å². The number of benzene rings is 1. The number of thioether (sulfide) groups is 1. The average molecular weight is 248 g/mol. The van der Waals surface area contributed by atoms with Gasteiger partial charge in [0.15, 0.2) is 5.17 Å². The molecule has 1 heterocycles. The Hall–Kier alpha value is -0.960. The lowest BCUT2D eigenvalue weighted by molar-refractivity contribution is 0.543. The van der Waals surface area contributed by atoms with Crippen LogP contribution in [0.2, 0.25) is 0 Å². The monoisotopic (exact) mass is 248 g/mol. The molecule has 92 valence electrons. The fourth-order valence-electron chi connectivity index (χ4n) is 1.87. The summed E-state index contributed by atoms with van der Waals surface area (Å²) in [7, 11) is 0. The predicted molar refractivity (Wildman–Crippen MR) is 78.1 cm³/mol. The number of hydrogen-bond acceptors (Lipinski definition) is 3. The number of anilines is 1. The molecule has 17 heavy (non-hydrogen) atoms. The Balaban J connectivity index is 2.09. The van der Waals surface area contributed by atoms with E-state index in [0.29, 0.717) is 12.0 Å². The third-order valence-electron chi connectivity index (χ3n) is 3.07. The largest absolute Gasteiger partial charge is 0.335 e. The van der Waals surface area contributed by atoms with Crippen LogP contribution in [0.4, 0.5) is 5.69 Å². The van der Waals surface area contributed by atoms with E-state index in [9.17, 15) is 0 Å². The van der Waals surface area contributed by atoms with E-state index in [-0.39, 0.29) is 0 Å². The van der Waals surface area contributed by atoms with E-state index in [0.717, 1.165) is 10.9 Å². The van der Waals surface area contributed by atoms with Crippen molar-refractivity contribution < 1.29 is 0 Å². The first-order chi connectivity index (χ1) is 8.06. The number of nitrogens with one attached hydrogen (secondary N) is 1. The van der Waals surface area contributed by atoms with Crippen LogP contribution in [0.5, 0.6) is 0 Å². The Kier molecular flexibility index (Phi) is 3.77. The maximum atomic E-state index is 4.71. The molecule has 0 fully saturated rings. The first-order valence-electron chi connectivity index (χ1n) is 6.11. The van der Waals surface area contributed by atoms with Crippen LogP contribution in [0.25, 0.3) is 0 Å². The minimum absolute atomic E-state index is 0.466. The highest BCUT2D eigenvalue weighted by molar-refractivity contribution is 8.14. The molecule has 2 nitrogen and oxygen atoms in total. The Morgan fingerprint density at radius 2 is 2.12 bits per heavy atom. The van der Waals surface area contributed by atoms with Crippen molar-refractivity contribution in [3.8, 4) is 0 Å². The first kappa shape index (κ1) is 12.5. The van der Waals surface area contributed by atoms with Crippen molar-refractivity contribution in [3.63, 3.8) is 0 Å². The number of aliphatic imine (C=N–C) groups is 1. The minimum atomic E-state index is 0.466. The molecule has 1 N–H and O–H groups in total. The van der Waals surface area contributed by atoms with Crippen LogP contribution < -0.4 is 5.32 Å². The minimum Gasteiger partial charge on any atom is -0.335 e. The smallest absolute Gasteiger partial charge is 0.161 e. The van der Waals surface area contributed by atoms with Gasteiger partial charge in [-0.25, -0.2) is 0 Å². The standard InChI is InChI=1S/C14H20N2S/c1-9(2)13-8-17-14(16-13)15-12-6-5-10(3)7-11(12)4/h5-7,9,13H,8H2,1-4H3,(H,15,16). The Morgan fingerprint density at radius 3 is 2.71 bits per heavy atom. The van der Waals surface area contributed by atoms with Crippen LogP contribution in [-0.4, -0.2) is 17.0 Å². The van der Waals surface area contributed by atoms with E-state index in [4.69, 9.17) is 4.99 Å². The maximum Gasteiger partial charge on any atom is 0.161 e. The number of aryl methyl sites for hydroxylation is 2. The number of amidine groups is 1. The van der Waals surface area contributed by atoms with E-state index in [1.54, 1.807) is 0 Å². The lowest BCUT2D eigenvalue weighted by atomic mass is 10.1. The summed E-state index contributed by atoms with van der Waals surface area (Å²) >= 11 is 1.83. The number of nitrogens with zero attached hydrogens (tertiary/aromatic N) is 1. The van der Waals surface area contributed by atoms with Gasteiger partial charge in [-0.2, -0.15) is 0 Å². The fraction of sp³-hybridized carbons (Fsp3) is 0.500. The summed E-state index contributed by atoms with van der Waals surface area (Å²) in [5.41, 5.74) is 3.75. The van der Waals surface area contributed by atoms with Crippen molar-refractivity contribution in [3.05, 3.63) is 29.3 Å². The normalized spacial score (nSPS) is 19.6. The molecular weight excluding hydrogens is 228 g/mol. The van der Waals surface area contributed by atoms with Crippen molar-refractivity contribution in [1.29, 1.82) is 0 Å². The molecule has 1 aliphatic heterocycles. The third-order valence-corrected chi connectivity index (χ3v) is 4.06. The van der Waals surface area contributed by atoms with Crippen molar-refractivity contribution in [2.24, 2.45) is 10.9 Å². The van der Waals surface area contributed by atoms with Gasteiger partial charge in [-0.3, -0.25) is 4.99 Å². The van der Waals surface area contributed by atoms with Crippen molar-refractivity contribution in [2.75, 3.05) is 11.1 Å². The van der Waals surface area contributed by atoms with Gasteiger partial charge >= 0.3 is 0 Å². The fourth-order valence-corrected chi connectivity index (χ4v) is 3.05. The quantitative estimate of drug-likeness (QED) is 0.860. The number of rotatable bonds is 2. The van der Waals surface area contributed by atoms with Gasteiger partial charge in [0.1, 0.15) is 0 Å². The molecule has 0 saturated carbocycles. The Bertz CT molecular complexity index is 438. The van der Waals surface area contributed by atoms with Crippen molar-refractivity contribution in [1.82, 2.24) is 0 Å². The van der Waals surface area contributed by atoms with Gasteiger partial charge < -0.3 is 5.32 Å². The molecule has 1 aromatic carbocycles. The van der Waals surface area contributed by atoms with E-state index in [2.05, 4.69) is 51.2 Å². The molecule has 3 heteroatoms. The second-order valence-electron chi connectivity index (χ2n) is 5.00. The summed E-state index contributed by atoms with van der Waals surface area (Å²) in [5, 5.41) is 4.50. The SMILES string of the molecule is Cc1ccc(NC2=NC(C(C)C)CS2)c(C)c1. The van der Waals surface area contributed by atoms with Gasteiger partial charge in [-0.15, -0.1) is 0 Å². The van der Waals surface area contributed by atoms with Crippen LogP contribution in [0.3, 0.4) is 0 Å². The highest BCUT2D eigenvalue weighted by Crippen LogP contribution is 2.25. The molecule has 1 atom stereocenters. The third kappa shape index (κ3) is 3.03. The zero-order valence-electron chi connectivity index (χ0n) is 10.9. The molecule has 0 aromatic heterocycles. The summed E-state index contributed by atoms with van der Waals surface area (Å²) in [6.07, 6.45) is 0. The number of hydrogen-bond donors (Lipinski definition) is 1. The van der Waals surface area contributed by atoms with Crippen molar-refractivity contribution >= 4 is 22.6 Å². The highest BCUT2D eigenvalue weighted by Gasteiger charge is 2.21. The molecule has 2 rings (SSSR count). The molecule has 0 saturated heterocycles. The lowest BCUT2D eigenvalue weighted by Crippen LogP contribution is -2.12. The molecule has 0 amide bonds. The zero-order valence-corrected chi connectivity index (χ0v) is 11.8. The topological polar surface area (TPSA) is 24.4 Å². The molecule has 1 aromatic rings. The average Bonchev–Trinajstić information content (AvgIpc) is 2.71. The molecule has 0 radical (unpaired) electrons. The van der Waals surface area contributed by atoms with Crippen LogP contribution in [0, 0.1) is 19.8 Å². The molecule has 1 aliphatic rings. The van der Waals surface area contributed by atoms with Gasteiger partial charge in [0.2, 0.25) is 0 Å². The zero-order chi connectivity index (χ0) is 12.4. The second kappa shape index (κ2) is 5.13. The van der Waals surface area contributed by atoms with E-state index in [1.807, 2.05) is 11.8 Å². The molecule has 0 bridgehead atoms. The summed E-state index contributed by atoms with van der Waals surface area (Å²) in [6.45, 7) is 8.71. The first-order valence-corrected chi connectivity index (χ1v) is 7.09. The molecular formula is C14H20N2S. The molecule has 0 aliphatic carbocycles. The van der Waals surface area contributed by atoms with E-state index in [1.165, 1.54) is 16.8 Å². The summed E-state index contributed by atoms with van der Waals surface area (Å²) < 4.78 is 0. The lowest BCUT2D eigenvalue weighted by Gasteiger charge is -2.09. The van der Waals surface area contributed by atoms with E-state index >= 15 is 0 Å². The van der Waals surface area contributed by atoms with Gasteiger partial charge in [0.05, 0.1) is 6.04 Å². The molecule has 1 unspecified atom stereocenters. The highest BCUT2D eigenvalue weighted by atomic mass is 32.2. The maximum absolute atomic E-state index is 4.71. The summed E-state index contributed by atoms with van der Waals surface area (Å²) in [6, 6.07) is 6.93. The van der Waals surface area contributed by atoms with Gasteiger partial charge in [0.25, 0.3) is 0 Å². The molecule has 0 spiro atoms. The predicted octanol–water partition coefficient (Wildman–Crippen LogP) is 3.84. The van der Waals surface area contributed by atoms with Crippen molar-refractivity contribution in [2.45, 2.75) is 33.7 Å². The summed E-state index contributed by atoms with van der Waals surface area (Å²) in [5.74, 6) is 1.73. The van der Waals surface area contributed by atoms with E-state index < -0.39 is 0 Å². The Morgan fingerprint density at radius 1 is 1.35 bits per heavy atom. The van der Waals surface area contributed by atoms with Crippen LogP contribution in [-0.2, 0) is 0 Å². The van der Waals surface area contributed by atoms with Crippen LogP contribution in [0.15, 0.2) is 23.2 Å².